The number of nitrogens with zero attached hydrogens (tertiary/aromatic N) is 2. The molecule has 1 aromatic heterocycles. The first-order chi connectivity index (χ1) is 15.8. The normalized spacial score (nSPS) is 11.4. The lowest BCUT2D eigenvalue weighted by molar-refractivity contribution is 1.30. The van der Waals surface area contributed by atoms with E-state index in [0.717, 1.165) is 44.8 Å². The van der Waals surface area contributed by atoms with Crippen molar-refractivity contribution in [3.8, 4) is 22.3 Å². The summed E-state index contributed by atoms with van der Waals surface area (Å²) in [5, 5.41) is 0. The highest BCUT2D eigenvalue weighted by molar-refractivity contribution is 5.95. The maximum atomic E-state index is 4.93. The van der Waals surface area contributed by atoms with Crippen LogP contribution in [-0.2, 0) is 0 Å². The molecule has 0 saturated heterocycles. The van der Waals surface area contributed by atoms with Gasteiger partial charge in [0.1, 0.15) is 0 Å². The summed E-state index contributed by atoms with van der Waals surface area (Å²) in [6, 6.07) is 30.9. The molecule has 2 heteroatoms. The first-order valence-electron chi connectivity index (χ1n) is 10.5. The first kappa shape index (κ1) is 21.0. The molecule has 0 bridgehead atoms. The van der Waals surface area contributed by atoms with Crippen LogP contribution in [0.3, 0.4) is 0 Å². The topological polar surface area (TPSA) is 25.2 Å². The average Bonchev–Trinajstić information content (AvgIpc) is 2.87. The molecule has 0 fully saturated rings. The van der Waals surface area contributed by atoms with E-state index in [1.54, 1.807) is 12.3 Å². The van der Waals surface area contributed by atoms with E-state index < -0.39 is 0 Å². The summed E-state index contributed by atoms with van der Waals surface area (Å²) in [7, 11) is 0. The zero-order chi connectivity index (χ0) is 22.2. The Bertz CT molecular complexity index is 1270. The van der Waals surface area contributed by atoms with Gasteiger partial charge in [-0.05, 0) is 46.5 Å². The maximum absolute atomic E-state index is 4.93. The molecule has 0 saturated carbocycles. The highest BCUT2D eigenvalue weighted by Crippen LogP contribution is 2.41. The Kier molecular flexibility index (Phi) is 6.64. The smallest absolute Gasteiger partial charge is 0.0812 e. The molecule has 154 valence electrons. The number of aromatic nitrogens is 1. The van der Waals surface area contributed by atoms with Crippen molar-refractivity contribution in [3.63, 3.8) is 0 Å². The molecule has 32 heavy (non-hydrogen) atoms. The van der Waals surface area contributed by atoms with Crippen molar-refractivity contribution in [1.82, 2.24) is 4.98 Å². The molecule has 4 rings (SSSR count). The van der Waals surface area contributed by atoms with E-state index in [1.807, 2.05) is 60.8 Å². The molecule has 2 nitrogen and oxygen atoms in total. The Morgan fingerprint density at radius 2 is 1.44 bits per heavy atom. The van der Waals surface area contributed by atoms with Crippen LogP contribution in [0.25, 0.3) is 27.8 Å². The van der Waals surface area contributed by atoms with Crippen molar-refractivity contribution in [2.45, 2.75) is 0 Å². The second kappa shape index (κ2) is 10.1. The number of aliphatic imine (C=N–C) groups is 1. The Morgan fingerprint density at radius 3 is 2.06 bits per heavy atom. The van der Waals surface area contributed by atoms with Crippen LogP contribution in [0.4, 0.5) is 5.69 Å². The predicted octanol–water partition coefficient (Wildman–Crippen LogP) is 7.92. The summed E-state index contributed by atoms with van der Waals surface area (Å²) in [5.41, 5.74) is 8.04. The lowest BCUT2D eigenvalue weighted by atomic mass is 9.91. The Labute approximate surface area is 189 Å². The van der Waals surface area contributed by atoms with E-state index in [9.17, 15) is 0 Å². The lowest BCUT2D eigenvalue weighted by Gasteiger charge is -2.16. The van der Waals surface area contributed by atoms with Crippen molar-refractivity contribution in [3.05, 3.63) is 140 Å². The molecule has 1 heterocycles. The van der Waals surface area contributed by atoms with E-state index >= 15 is 0 Å². The van der Waals surface area contributed by atoms with E-state index in [0.29, 0.717) is 0 Å². The molecule has 0 aliphatic heterocycles. The minimum absolute atomic E-state index is 0.803. The van der Waals surface area contributed by atoms with Crippen molar-refractivity contribution in [2.75, 3.05) is 0 Å². The first-order valence-corrected chi connectivity index (χ1v) is 10.5. The van der Waals surface area contributed by atoms with Crippen molar-refractivity contribution >= 4 is 17.5 Å². The van der Waals surface area contributed by atoms with Crippen LogP contribution in [-0.4, -0.2) is 11.2 Å². The largest absolute Gasteiger partial charge is 0.255 e. The van der Waals surface area contributed by atoms with Crippen LogP contribution in [0.2, 0.25) is 0 Å². The zero-order valence-electron chi connectivity index (χ0n) is 17.9. The minimum Gasteiger partial charge on any atom is -0.255 e. The highest BCUT2D eigenvalue weighted by atomic mass is 14.8. The molecule has 0 aliphatic carbocycles. The number of rotatable bonds is 7. The zero-order valence-corrected chi connectivity index (χ0v) is 17.9. The van der Waals surface area contributed by atoms with Gasteiger partial charge in [0.05, 0.1) is 17.6 Å². The van der Waals surface area contributed by atoms with Crippen LogP contribution >= 0.6 is 0 Å². The number of benzene rings is 3. The van der Waals surface area contributed by atoms with Crippen LogP contribution in [0, 0.1) is 0 Å². The Morgan fingerprint density at radius 1 is 0.750 bits per heavy atom. The van der Waals surface area contributed by atoms with Gasteiger partial charge < -0.3 is 0 Å². The summed E-state index contributed by atoms with van der Waals surface area (Å²) in [6.45, 7) is 7.93. The van der Waals surface area contributed by atoms with Gasteiger partial charge >= 0.3 is 0 Å². The Balaban J connectivity index is 2.02. The van der Waals surface area contributed by atoms with Gasteiger partial charge in [-0.25, -0.2) is 0 Å². The number of allylic oxidation sites excluding steroid dienone is 4. The Hall–Kier alpha value is -4.30. The molecular formula is C30H24N2. The van der Waals surface area contributed by atoms with Gasteiger partial charge in [-0.1, -0.05) is 98.1 Å². The molecule has 0 atom stereocenters. The fourth-order valence-corrected chi connectivity index (χ4v) is 3.61. The van der Waals surface area contributed by atoms with Crippen LogP contribution in [0.15, 0.2) is 134 Å². The lowest BCUT2D eigenvalue weighted by Crippen LogP contribution is -1.92. The molecule has 0 aliphatic rings. The molecular weight excluding hydrogens is 388 g/mol. The second-order valence-electron chi connectivity index (χ2n) is 7.23. The average molecular weight is 413 g/mol. The third-order valence-electron chi connectivity index (χ3n) is 5.14. The summed E-state index contributed by atoms with van der Waals surface area (Å²) in [6.07, 6.45) is 9.17. The van der Waals surface area contributed by atoms with Crippen LogP contribution in [0.5, 0.6) is 0 Å². The summed E-state index contributed by atoms with van der Waals surface area (Å²) < 4.78 is 0. The SMILES string of the molecule is C=C/C=C(\C=C)c1cc(-c2ccccc2)cc(-c2ccccc2)c1N=Cc1ccccn1. The molecule has 3 aromatic carbocycles. The molecule has 4 aromatic rings. The quantitative estimate of drug-likeness (QED) is 0.223. The summed E-state index contributed by atoms with van der Waals surface area (Å²) in [5.74, 6) is 0. The maximum Gasteiger partial charge on any atom is 0.0812 e. The van der Waals surface area contributed by atoms with Gasteiger partial charge in [0.25, 0.3) is 0 Å². The fraction of sp³-hybridized carbons (Fsp3) is 0. The third-order valence-corrected chi connectivity index (χ3v) is 5.14. The summed E-state index contributed by atoms with van der Waals surface area (Å²) in [4.78, 5) is 9.32. The van der Waals surface area contributed by atoms with Crippen LogP contribution < -0.4 is 0 Å². The highest BCUT2D eigenvalue weighted by Gasteiger charge is 2.15. The van der Waals surface area contributed by atoms with E-state index in [1.165, 1.54) is 0 Å². The van der Waals surface area contributed by atoms with Gasteiger partial charge in [-0.15, -0.1) is 0 Å². The molecule has 0 spiro atoms. The third kappa shape index (κ3) is 4.71. The number of hydrogen-bond acceptors (Lipinski definition) is 2. The summed E-state index contributed by atoms with van der Waals surface area (Å²) >= 11 is 0. The molecule has 0 radical (unpaired) electrons. The van der Waals surface area contributed by atoms with Crippen molar-refractivity contribution in [1.29, 1.82) is 0 Å². The van der Waals surface area contributed by atoms with Gasteiger partial charge in [0.15, 0.2) is 0 Å². The van der Waals surface area contributed by atoms with Gasteiger partial charge in [0.2, 0.25) is 0 Å². The van der Waals surface area contributed by atoms with E-state index in [4.69, 9.17) is 4.99 Å². The van der Waals surface area contributed by atoms with Gasteiger partial charge in [-0.2, -0.15) is 0 Å². The van der Waals surface area contributed by atoms with Crippen molar-refractivity contribution in [2.24, 2.45) is 4.99 Å². The molecule has 0 unspecified atom stereocenters. The molecule has 0 amide bonds. The standard InChI is InChI=1S/C30H24N2/c1-3-13-23(4-2)28-20-26(24-14-7-5-8-15-24)21-29(25-16-9-6-10-17-25)30(28)32-22-27-18-11-12-19-31-27/h3-22H,1-2H2/b23-13+,32-22?. The van der Waals surface area contributed by atoms with E-state index in [-0.39, 0.29) is 0 Å². The van der Waals surface area contributed by atoms with Crippen LogP contribution in [0.1, 0.15) is 11.3 Å². The van der Waals surface area contributed by atoms with E-state index in [2.05, 4.69) is 66.7 Å². The van der Waals surface area contributed by atoms with Crippen molar-refractivity contribution < 1.29 is 0 Å². The minimum atomic E-state index is 0.803. The van der Waals surface area contributed by atoms with Gasteiger partial charge in [-0.3, -0.25) is 9.98 Å². The number of pyridine rings is 1. The van der Waals surface area contributed by atoms with Gasteiger partial charge in [0, 0.05) is 17.3 Å². The predicted molar refractivity (Wildman–Crippen MR) is 137 cm³/mol. The number of hydrogen-bond donors (Lipinski definition) is 0. The second-order valence-corrected chi connectivity index (χ2v) is 7.23. The monoisotopic (exact) mass is 412 g/mol. The molecule has 0 N–H and O–H groups in total. The fourth-order valence-electron chi connectivity index (χ4n) is 3.61.